The molecule has 5 saturated heterocycles. The number of aryl methyl sites for hydroxylation is 1. The number of carbonyl (C=O) groups is 3. The lowest BCUT2D eigenvalue weighted by molar-refractivity contribution is -0.136. The molecule has 3 N–H and O–H groups in total. The Kier molecular flexibility index (Phi) is 11.2. The summed E-state index contributed by atoms with van der Waals surface area (Å²) in [7, 11) is 0. The van der Waals surface area contributed by atoms with Gasteiger partial charge in [0.15, 0.2) is 11.5 Å². The second kappa shape index (κ2) is 17.5. The molecule has 9 heterocycles. The molecule has 6 aliphatic heterocycles. The molecule has 364 valence electrons. The van der Waals surface area contributed by atoms with Gasteiger partial charge in [0.05, 0.1) is 17.9 Å². The van der Waals surface area contributed by atoms with Crippen LogP contribution in [0.5, 0.6) is 0 Å². The van der Waals surface area contributed by atoms with Crippen molar-refractivity contribution in [2.24, 2.45) is 0 Å². The van der Waals surface area contributed by atoms with E-state index in [1.165, 1.54) is 35.8 Å². The number of fused-ring (bicyclic) bond motifs is 5. The van der Waals surface area contributed by atoms with Crippen LogP contribution >= 0.6 is 0 Å². The van der Waals surface area contributed by atoms with Crippen molar-refractivity contribution in [1.29, 1.82) is 0 Å². The van der Waals surface area contributed by atoms with E-state index in [2.05, 4.69) is 61.2 Å². The van der Waals surface area contributed by atoms with Crippen LogP contribution in [0.25, 0.3) is 16.9 Å². The Morgan fingerprint density at radius 2 is 1.69 bits per heavy atom. The fraction of sp³-hybridized carbons (Fsp3) is 0.491. The van der Waals surface area contributed by atoms with Gasteiger partial charge < -0.3 is 20.2 Å². The minimum Gasteiger partial charge on any atom is -0.384 e. The number of allylic oxidation sites excluding steroid dienone is 1. The molecule has 3 amide bonds. The standard InChI is InChI=1S/C53H60FN11O5/c1-3-20-63-51(69)41-27-55-52(59-48(41)65(63)45-14-10-32-16-19-53(70,4-2)47(32)57-45)56-35-11-8-31(9-12-35)33-23-37-6-5-7-38(24-33)64(37)36-17-21-60(22-18-36)39-29-61(30-39)44-25-34-28-62(50(68)40(34)26-42(44)54)43-13-15-46(66)58-49(43)67/h3,8-12,14,25-27,33,36-39,43,70H,1,4-7,13,15-24,28-30H2,2H3,(H,55,56,59)(H,58,66,67). The number of nitrogens with one attached hydrogen (secondary N) is 2. The number of hydrogen-bond acceptors (Lipinski definition) is 12. The summed E-state index contributed by atoms with van der Waals surface area (Å²) in [6, 6.07) is 17.0. The number of piperidine rings is 4. The number of nitrogens with zero attached hydrogens (tertiary/aromatic N) is 9. The summed E-state index contributed by atoms with van der Waals surface area (Å²) in [5.74, 6) is -0.212. The van der Waals surface area contributed by atoms with E-state index in [1.54, 1.807) is 27.7 Å². The van der Waals surface area contributed by atoms with Gasteiger partial charge in [0.2, 0.25) is 17.8 Å². The maximum Gasteiger partial charge on any atom is 0.278 e. The highest BCUT2D eigenvalue weighted by molar-refractivity contribution is 6.05. The van der Waals surface area contributed by atoms with Crippen LogP contribution in [0.4, 0.5) is 21.7 Å². The Hall–Kier alpha value is -6.30. The van der Waals surface area contributed by atoms with E-state index < -0.39 is 23.4 Å². The van der Waals surface area contributed by atoms with Crippen molar-refractivity contribution in [3.63, 3.8) is 0 Å². The predicted octanol–water partition coefficient (Wildman–Crippen LogP) is 5.80. The third-order valence-corrected chi connectivity index (χ3v) is 16.9. The zero-order valence-corrected chi connectivity index (χ0v) is 39.7. The molecule has 0 saturated carbocycles. The molecular formula is C53H60FN11O5. The highest BCUT2D eigenvalue weighted by atomic mass is 19.1. The van der Waals surface area contributed by atoms with Crippen molar-refractivity contribution in [2.75, 3.05) is 36.4 Å². The van der Waals surface area contributed by atoms with E-state index in [4.69, 9.17) is 9.97 Å². The monoisotopic (exact) mass is 949 g/mol. The summed E-state index contributed by atoms with van der Waals surface area (Å²) >= 11 is 0. The van der Waals surface area contributed by atoms with Crippen LogP contribution in [-0.4, -0.2) is 118 Å². The normalized spacial score (nSPS) is 26.4. The number of amides is 3. The molecule has 7 aliphatic rings. The second-order valence-corrected chi connectivity index (χ2v) is 20.8. The molecule has 12 rings (SSSR count). The van der Waals surface area contributed by atoms with E-state index in [0.29, 0.717) is 82.7 Å². The van der Waals surface area contributed by atoms with E-state index >= 15 is 4.39 Å². The Morgan fingerprint density at radius 3 is 2.41 bits per heavy atom. The van der Waals surface area contributed by atoms with Gasteiger partial charge in [-0.1, -0.05) is 37.6 Å². The predicted molar refractivity (Wildman–Crippen MR) is 262 cm³/mol. The molecule has 4 unspecified atom stereocenters. The molecule has 0 radical (unpaired) electrons. The Labute approximate surface area is 405 Å². The summed E-state index contributed by atoms with van der Waals surface area (Å²) < 4.78 is 18.8. The van der Waals surface area contributed by atoms with Gasteiger partial charge in [0.1, 0.15) is 22.8 Å². The highest BCUT2D eigenvalue weighted by Crippen LogP contribution is 2.45. The van der Waals surface area contributed by atoms with Gasteiger partial charge in [-0.25, -0.2) is 23.7 Å². The fourth-order valence-corrected chi connectivity index (χ4v) is 13.1. The van der Waals surface area contributed by atoms with Crippen LogP contribution in [0.3, 0.4) is 0 Å². The summed E-state index contributed by atoms with van der Waals surface area (Å²) in [6.45, 7) is 9.87. The van der Waals surface area contributed by atoms with Gasteiger partial charge in [-0.3, -0.25) is 34.3 Å². The fourth-order valence-electron chi connectivity index (χ4n) is 13.1. The summed E-state index contributed by atoms with van der Waals surface area (Å²) in [5.41, 5.74) is 4.62. The van der Waals surface area contributed by atoms with Crippen molar-refractivity contribution in [1.82, 2.24) is 44.3 Å². The quantitative estimate of drug-likeness (QED) is 0.107. The van der Waals surface area contributed by atoms with E-state index in [9.17, 15) is 24.3 Å². The average molecular weight is 950 g/mol. The van der Waals surface area contributed by atoms with E-state index in [-0.39, 0.29) is 43.3 Å². The molecule has 0 spiro atoms. The molecule has 2 bridgehead atoms. The number of carbonyl (C=O) groups excluding carboxylic acids is 3. The molecule has 5 fully saturated rings. The van der Waals surface area contributed by atoms with Gasteiger partial charge in [0, 0.05) is 80.8 Å². The number of aliphatic hydroxyl groups is 1. The van der Waals surface area contributed by atoms with Crippen LogP contribution in [-0.2, 0) is 34.7 Å². The van der Waals surface area contributed by atoms with E-state index in [1.807, 2.05) is 19.1 Å². The molecule has 3 aromatic heterocycles. The number of imide groups is 1. The molecule has 5 aromatic rings. The topological polar surface area (TPSA) is 174 Å². The lowest BCUT2D eigenvalue weighted by Gasteiger charge is -2.55. The number of hydrogen-bond donors (Lipinski definition) is 3. The van der Waals surface area contributed by atoms with Crippen LogP contribution < -0.4 is 21.1 Å². The van der Waals surface area contributed by atoms with Gasteiger partial charge in [-0.05, 0) is 117 Å². The number of pyridine rings is 1. The lowest BCUT2D eigenvalue weighted by atomic mass is 9.74. The Balaban J connectivity index is 0.668. The maximum atomic E-state index is 15.6. The first kappa shape index (κ1) is 44.9. The molecule has 70 heavy (non-hydrogen) atoms. The molecule has 1 aliphatic carbocycles. The minimum atomic E-state index is -1.00. The summed E-state index contributed by atoms with van der Waals surface area (Å²) in [4.78, 5) is 74.5. The zero-order valence-electron chi connectivity index (χ0n) is 39.7. The number of benzene rings is 2. The van der Waals surface area contributed by atoms with Crippen LogP contribution in [0.15, 0.2) is 72.2 Å². The molecular weight excluding hydrogens is 890 g/mol. The molecule has 2 aromatic carbocycles. The number of likely N-dealkylation sites (tertiary alicyclic amines) is 1. The van der Waals surface area contributed by atoms with Crippen LogP contribution in [0.2, 0.25) is 0 Å². The van der Waals surface area contributed by atoms with Crippen molar-refractivity contribution in [3.05, 3.63) is 112 Å². The minimum absolute atomic E-state index is 0.181. The molecule has 16 nitrogen and oxygen atoms in total. The van der Waals surface area contributed by atoms with Crippen LogP contribution in [0, 0.1) is 5.82 Å². The number of aromatic nitrogens is 5. The first-order valence-electron chi connectivity index (χ1n) is 25.4. The third kappa shape index (κ3) is 7.62. The van der Waals surface area contributed by atoms with Crippen molar-refractivity contribution < 1.29 is 23.9 Å². The number of halogens is 1. The van der Waals surface area contributed by atoms with Crippen molar-refractivity contribution in [3.8, 4) is 5.82 Å². The van der Waals surface area contributed by atoms with Crippen LogP contribution in [0.1, 0.15) is 116 Å². The lowest BCUT2D eigenvalue weighted by Crippen LogP contribution is -2.63. The van der Waals surface area contributed by atoms with Gasteiger partial charge in [-0.2, -0.15) is 4.98 Å². The Bertz CT molecular complexity index is 2980. The maximum absolute atomic E-state index is 15.6. The second-order valence-electron chi connectivity index (χ2n) is 20.8. The van der Waals surface area contributed by atoms with Gasteiger partial charge in [-0.15, -0.1) is 6.58 Å². The highest BCUT2D eigenvalue weighted by Gasteiger charge is 2.45. The number of rotatable bonds is 11. The summed E-state index contributed by atoms with van der Waals surface area (Å²) in [5, 5.41) is 17.4. The smallest absolute Gasteiger partial charge is 0.278 e. The Morgan fingerprint density at radius 1 is 0.914 bits per heavy atom. The first-order chi connectivity index (χ1) is 34.0. The zero-order chi connectivity index (χ0) is 48.0. The van der Waals surface area contributed by atoms with Crippen molar-refractivity contribution in [2.45, 2.75) is 139 Å². The first-order valence-corrected chi connectivity index (χ1v) is 25.4. The molecule has 4 atom stereocenters. The molecule has 17 heteroatoms. The summed E-state index contributed by atoms with van der Waals surface area (Å²) in [6.07, 6.45) is 13.9. The van der Waals surface area contributed by atoms with Crippen molar-refractivity contribution >= 4 is 46.1 Å². The average Bonchev–Trinajstić information content (AvgIpc) is 3.95. The number of anilines is 3. The SMILES string of the molecule is C=CCn1c(=O)c2cnc(Nc3ccc(C4CC5CCCC(C4)N5C4CCN(C5CN(c6cc7c(cc6F)C(=O)N(C6CCC(=O)NC6=O)C7)C5)CC4)cc3)nc2n1-c1ccc2c(n1)C(O)(CC)CC2. The van der Waals surface area contributed by atoms with Gasteiger partial charge >= 0.3 is 0 Å². The van der Waals surface area contributed by atoms with Gasteiger partial charge in [0.25, 0.3) is 11.5 Å². The third-order valence-electron chi connectivity index (χ3n) is 16.9. The largest absolute Gasteiger partial charge is 0.384 e. The van der Waals surface area contributed by atoms with E-state index in [0.717, 1.165) is 75.1 Å².